The maximum absolute atomic E-state index is 13.9. The summed E-state index contributed by atoms with van der Waals surface area (Å²) in [6.45, 7) is 2.66. The van der Waals surface area contributed by atoms with Crippen molar-refractivity contribution in [1.82, 2.24) is 9.47 Å². The normalized spacial score (nSPS) is 17.0. The fourth-order valence-electron chi connectivity index (χ4n) is 5.29. The molecule has 1 unspecified atom stereocenters. The zero-order chi connectivity index (χ0) is 22.4. The Kier molecular flexibility index (Phi) is 5.07. The first-order valence-electron chi connectivity index (χ1n) is 11.7. The Bertz CT molecular complexity index is 1320. The highest BCUT2D eigenvalue weighted by Crippen LogP contribution is 2.44. The minimum atomic E-state index is -0.162. The lowest BCUT2D eigenvalue weighted by molar-refractivity contribution is 0.194. The molecule has 1 aliphatic heterocycles. The molecule has 2 aliphatic rings. The van der Waals surface area contributed by atoms with Gasteiger partial charge in [-0.15, -0.1) is 11.3 Å². The Labute approximate surface area is 198 Å². The lowest BCUT2D eigenvalue weighted by Crippen LogP contribution is -2.38. The van der Waals surface area contributed by atoms with Gasteiger partial charge in [0.05, 0.1) is 18.3 Å². The van der Waals surface area contributed by atoms with Gasteiger partial charge in [0.1, 0.15) is 5.00 Å². The number of hydrogen-bond donors (Lipinski definition) is 1. The molecule has 4 aromatic rings. The average molecular weight is 454 g/mol. The number of carbonyl (C=O) groups is 1. The largest absolute Gasteiger partial charge is 0.322 e. The van der Waals surface area contributed by atoms with Crippen LogP contribution in [0.2, 0.25) is 0 Å². The number of rotatable bonds is 2. The van der Waals surface area contributed by atoms with Crippen molar-refractivity contribution >= 4 is 23.1 Å². The van der Waals surface area contributed by atoms with Gasteiger partial charge >= 0.3 is 6.03 Å². The number of carbonyl (C=O) groups excluding carboxylic acids is 1. The van der Waals surface area contributed by atoms with E-state index in [1.807, 2.05) is 53.5 Å². The van der Waals surface area contributed by atoms with Crippen LogP contribution in [0.3, 0.4) is 0 Å². The van der Waals surface area contributed by atoms with Gasteiger partial charge in [0.25, 0.3) is 0 Å². The van der Waals surface area contributed by atoms with E-state index in [4.69, 9.17) is 0 Å². The number of aryl methyl sites for hydroxylation is 2. The molecule has 1 N–H and O–H groups in total. The minimum Gasteiger partial charge on any atom is -0.310 e. The molecular formula is C28H27N3OS. The van der Waals surface area contributed by atoms with Crippen LogP contribution in [-0.2, 0) is 19.4 Å². The third-order valence-electron chi connectivity index (χ3n) is 6.82. The van der Waals surface area contributed by atoms with Crippen LogP contribution < -0.4 is 5.32 Å². The summed E-state index contributed by atoms with van der Waals surface area (Å²) in [6, 6.07) is 22.5. The first-order valence-corrected chi connectivity index (χ1v) is 12.5. The van der Waals surface area contributed by atoms with Gasteiger partial charge in [-0.2, -0.15) is 0 Å². The van der Waals surface area contributed by atoms with Crippen molar-refractivity contribution in [2.45, 2.75) is 45.2 Å². The maximum atomic E-state index is 13.9. The van der Waals surface area contributed by atoms with Crippen LogP contribution in [0, 0.1) is 6.92 Å². The topological polar surface area (TPSA) is 37.3 Å². The van der Waals surface area contributed by atoms with E-state index in [9.17, 15) is 4.79 Å². The molecule has 4 nitrogen and oxygen atoms in total. The Balaban J connectivity index is 1.50. The number of aromatic nitrogens is 1. The molecule has 0 bridgehead atoms. The summed E-state index contributed by atoms with van der Waals surface area (Å²) in [5.74, 6) is 0. The van der Waals surface area contributed by atoms with Crippen LogP contribution in [0.15, 0.2) is 72.9 Å². The first kappa shape index (κ1) is 20.3. The van der Waals surface area contributed by atoms with E-state index < -0.39 is 0 Å². The summed E-state index contributed by atoms with van der Waals surface area (Å²) in [6.07, 6.45) is 6.91. The lowest BCUT2D eigenvalue weighted by atomic mass is 9.95. The average Bonchev–Trinajstić information content (AvgIpc) is 3.41. The third-order valence-corrected chi connectivity index (χ3v) is 8.16. The standard InChI is InChI=1S/C28H27N3OS/c1-19-9-7-12-21(17-19)29-28(32)31-18-23-22-13-5-6-15-25(22)33-27(23)30-16-8-14-24(30)26(31)20-10-3-2-4-11-20/h2-4,7-12,14,16-17,26H,5-6,13,15,18H2,1H3,(H,29,32). The number of hydrogen-bond acceptors (Lipinski definition) is 2. The summed E-state index contributed by atoms with van der Waals surface area (Å²) in [5, 5.41) is 4.47. The van der Waals surface area contributed by atoms with Crippen LogP contribution in [0.5, 0.6) is 0 Å². The van der Waals surface area contributed by atoms with Crippen LogP contribution >= 0.6 is 11.3 Å². The quantitative estimate of drug-likeness (QED) is 0.354. The molecule has 33 heavy (non-hydrogen) atoms. The Hall–Kier alpha value is -3.31. The van der Waals surface area contributed by atoms with E-state index in [0.29, 0.717) is 6.54 Å². The molecule has 0 saturated carbocycles. The fraction of sp³-hybridized carbons (Fsp3) is 0.250. The number of benzene rings is 2. The van der Waals surface area contributed by atoms with E-state index in [1.54, 1.807) is 0 Å². The zero-order valence-corrected chi connectivity index (χ0v) is 19.6. The second-order valence-corrected chi connectivity index (χ2v) is 10.1. The van der Waals surface area contributed by atoms with E-state index in [0.717, 1.165) is 35.3 Å². The fourth-order valence-corrected chi connectivity index (χ4v) is 6.69. The van der Waals surface area contributed by atoms with Gasteiger partial charge in [-0.3, -0.25) is 0 Å². The van der Waals surface area contributed by atoms with Crippen LogP contribution in [0.1, 0.15) is 51.7 Å². The predicted molar refractivity (Wildman–Crippen MR) is 134 cm³/mol. The SMILES string of the molecule is Cc1cccc(NC(=O)N2Cc3c(sc4c3CCCC4)-n3cccc3C2c2ccccc2)c1. The molecule has 6 rings (SSSR count). The summed E-state index contributed by atoms with van der Waals surface area (Å²) in [5.41, 5.74) is 7.03. The number of anilines is 1. The van der Waals surface area contributed by atoms with E-state index >= 15 is 0 Å². The van der Waals surface area contributed by atoms with Gasteiger partial charge in [0.15, 0.2) is 0 Å². The van der Waals surface area contributed by atoms with Crippen molar-refractivity contribution in [1.29, 1.82) is 0 Å². The van der Waals surface area contributed by atoms with Gasteiger partial charge < -0.3 is 14.8 Å². The predicted octanol–water partition coefficient (Wildman–Crippen LogP) is 6.86. The second kappa shape index (κ2) is 8.23. The smallest absolute Gasteiger partial charge is 0.310 e. The highest BCUT2D eigenvalue weighted by molar-refractivity contribution is 7.15. The number of amides is 2. The van der Waals surface area contributed by atoms with Crippen molar-refractivity contribution in [2.75, 3.05) is 5.32 Å². The van der Waals surface area contributed by atoms with Crippen molar-refractivity contribution < 1.29 is 4.79 Å². The molecule has 3 heterocycles. The van der Waals surface area contributed by atoms with Gasteiger partial charge in [-0.25, -0.2) is 4.79 Å². The molecule has 0 spiro atoms. The number of nitrogens with zero attached hydrogens (tertiary/aromatic N) is 2. The molecule has 0 fully saturated rings. The van der Waals surface area contributed by atoms with Crippen molar-refractivity contribution in [2.24, 2.45) is 0 Å². The molecule has 5 heteroatoms. The highest BCUT2D eigenvalue weighted by Gasteiger charge is 2.36. The highest BCUT2D eigenvalue weighted by atomic mass is 32.1. The second-order valence-electron chi connectivity index (χ2n) is 9.04. The van der Waals surface area contributed by atoms with Crippen LogP contribution in [0.4, 0.5) is 10.5 Å². The lowest BCUT2D eigenvalue weighted by Gasteiger charge is -2.31. The molecular weight excluding hydrogens is 426 g/mol. The van der Waals surface area contributed by atoms with Crippen molar-refractivity contribution in [3.8, 4) is 5.00 Å². The van der Waals surface area contributed by atoms with E-state index in [-0.39, 0.29) is 12.1 Å². The van der Waals surface area contributed by atoms with Crippen LogP contribution in [-0.4, -0.2) is 15.5 Å². The maximum Gasteiger partial charge on any atom is 0.322 e. The summed E-state index contributed by atoms with van der Waals surface area (Å²) in [7, 11) is 0. The molecule has 0 radical (unpaired) electrons. The first-order chi connectivity index (χ1) is 16.2. The van der Waals surface area contributed by atoms with Gasteiger partial charge in [-0.05, 0) is 73.6 Å². The van der Waals surface area contributed by atoms with E-state index in [2.05, 4.69) is 52.5 Å². The molecule has 1 atom stereocenters. The number of urea groups is 1. The summed E-state index contributed by atoms with van der Waals surface area (Å²) < 4.78 is 2.33. The molecule has 2 aromatic heterocycles. The number of nitrogens with one attached hydrogen (secondary N) is 1. The van der Waals surface area contributed by atoms with Gasteiger partial charge in [0, 0.05) is 22.3 Å². The summed E-state index contributed by atoms with van der Waals surface area (Å²) >= 11 is 1.92. The van der Waals surface area contributed by atoms with Crippen LogP contribution in [0.25, 0.3) is 5.00 Å². The molecule has 2 amide bonds. The van der Waals surface area contributed by atoms with Crippen molar-refractivity contribution in [3.05, 3.63) is 106 Å². The van der Waals surface area contributed by atoms with E-state index in [1.165, 1.54) is 33.8 Å². The molecule has 1 aliphatic carbocycles. The summed E-state index contributed by atoms with van der Waals surface area (Å²) in [4.78, 5) is 17.4. The Morgan fingerprint density at radius 1 is 0.970 bits per heavy atom. The van der Waals surface area contributed by atoms with Gasteiger partial charge in [0.2, 0.25) is 0 Å². The third kappa shape index (κ3) is 3.57. The van der Waals surface area contributed by atoms with Crippen molar-refractivity contribution in [3.63, 3.8) is 0 Å². The van der Waals surface area contributed by atoms with Gasteiger partial charge in [-0.1, -0.05) is 42.5 Å². The number of thiophene rings is 1. The minimum absolute atomic E-state index is 0.0641. The monoisotopic (exact) mass is 453 g/mol. The molecule has 2 aromatic carbocycles. The Morgan fingerprint density at radius 2 is 1.82 bits per heavy atom. The number of fused-ring (bicyclic) bond motifs is 5. The molecule has 0 saturated heterocycles. The Morgan fingerprint density at radius 3 is 2.67 bits per heavy atom. The molecule has 166 valence electrons. The zero-order valence-electron chi connectivity index (χ0n) is 18.8.